The van der Waals surface area contributed by atoms with E-state index in [-0.39, 0.29) is 24.2 Å². The van der Waals surface area contributed by atoms with Gasteiger partial charge in [0.25, 0.3) is 5.91 Å². The topological polar surface area (TPSA) is 97.2 Å². The lowest BCUT2D eigenvalue weighted by Crippen LogP contribution is -2.32. The number of carbonyl (C=O) groups excluding carboxylic acids is 1. The first-order valence-corrected chi connectivity index (χ1v) is 12.0. The number of aromatic nitrogens is 3. The molecule has 2 heterocycles. The van der Waals surface area contributed by atoms with E-state index < -0.39 is 10.0 Å². The van der Waals surface area contributed by atoms with Crippen LogP contribution in [0.5, 0.6) is 0 Å². The van der Waals surface area contributed by atoms with Gasteiger partial charge in [-0.1, -0.05) is 23.9 Å². The van der Waals surface area contributed by atoms with Crippen LogP contribution < -0.4 is 4.72 Å². The molecule has 10 heteroatoms. The number of amides is 1. The second-order valence-corrected chi connectivity index (χ2v) is 9.68. The van der Waals surface area contributed by atoms with Gasteiger partial charge in [-0.15, -0.1) is 5.10 Å². The number of carbonyl (C=O) groups is 1. The number of nitrogens with zero attached hydrogens (tertiary/aromatic N) is 4. The average Bonchev–Trinajstić information content (AvgIpc) is 3.48. The van der Waals surface area contributed by atoms with Gasteiger partial charge >= 0.3 is 0 Å². The number of halogens is 1. The van der Waals surface area contributed by atoms with Crippen LogP contribution >= 0.6 is 0 Å². The third-order valence-corrected chi connectivity index (χ3v) is 6.60. The molecule has 0 saturated carbocycles. The summed E-state index contributed by atoms with van der Waals surface area (Å²) in [5.41, 5.74) is 2.97. The van der Waals surface area contributed by atoms with Crippen molar-refractivity contribution in [2.75, 3.05) is 19.6 Å². The standard InChI is InChI=1S/C23H24FN5O3S/c1-2-33(31,32)25-13-18-11-12-28(14-18)23(30)20-5-3-17(4-6-20)15-29-16-22(26-27-29)19-7-9-21(24)10-8-19/h2-10,16,18,25H,1,11-15H2/t18-/m1/s1. The molecule has 1 aromatic heterocycles. The largest absolute Gasteiger partial charge is 0.338 e. The maximum atomic E-state index is 13.1. The van der Waals surface area contributed by atoms with E-state index in [2.05, 4.69) is 21.6 Å². The minimum atomic E-state index is -3.46. The molecule has 1 saturated heterocycles. The predicted octanol–water partition coefficient (Wildman–Crippen LogP) is 2.66. The van der Waals surface area contributed by atoms with Crippen molar-refractivity contribution in [2.24, 2.45) is 5.92 Å². The summed E-state index contributed by atoms with van der Waals surface area (Å²) in [4.78, 5) is 14.6. The molecule has 1 aliphatic heterocycles. The van der Waals surface area contributed by atoms with Gasteiger partial charge in [0.05, 0.1) is 12.7 Å². The number of likely N-dealkylation sites (tertiary alicyclic amines) is 1. The third-order valence-electron chi connectivity index (χ3n) is 5.59. The van der Waals surface area contributed by atoms with Crippen molar-refractivity contribution >= 4 is 15.9 Å². The van der Waals surface area contributed by atoms with Gasteiger partial charge in [-0.3, -0.25) is 4.79 Å². The fourth-order valence-corrected chi connectivity index (χ4v) is 4.31. The molecule has 3 aromatic rings. The number of benzene rings is 2. The van der Waals surface area contributed by atoms with Crippen molar-refractivity contribution in [3.05, 3.63) is 83.7 Å². The summed E-state index contributed by atoms with van der Waals surface area (Å²) in [5, 5.41) is 9.14. The Bertz CT molecular complexity index is 1240. The van der Waals surface area contributed by atoms with Crippen molar-refractivity contribution in [2.45, 2.75) is 13.0 Å². The number of hydrogen-bond acceptors (Lipinski definition) is 5. The van der Waals surface area contributed by atoms with Crippen LogP contribution in [0, 0.1) is 11.7 Å². The Morgan fingerprint density at radius 1 is 1.18 bits per heavy atom. The lowest BCUT2D eigenvalue weighted by molar-refractivity contribution is 0.0787. The van der Waals surface area contributed by atoms with Crippen molar-refractivity contribution in [1.82, 2.24) is 24.6 Å². The van der Waals surface area contributed by atoms with Crippen molar-refractivity contribution in [1.29, 1.82) is 0 Å². The van der Waals surface area contributed by atoms with E-state index in [1.807, 2.05) is 12.1 Å². The highest BCUT2D eigenvalue weighted by atomic mass is 32.2. The van der Waals surface area contributed by atoms with Gasteiger partial charge in [0, 0.05) is 36.2 Å². The molecule has 1 atom stereocenters. The molecule has 0 aliphatic carbocycles. The Morgan fingerprint density at radius 3 is 2.61 bits per heavy atom. The Hall–Kier alpha value is -3.37. The Balaban J connectivity index is 1.33. The Kier molecular flexibility index (Phi) is 6.66. The number of nitrogens with one attached hydrogen (secondary N) is 1. The van der Waals surface area contributed by atoms with E-state index in [9.17, 15) is 17.6 Å². The molecule has 1 aliphatic rings. The van der Waals surface area contributed by atoms with E-state index in [0.717, 1.165) is 23.0 Å². The van der Waals surface area contributed by atoms with E-state index >= 15 is 0 Å². The van der Waals surface area contributed by atoms with Crippen LogP contribution in [0.15, 0.2) is 66.7 Å². The highest BCUT2D eigenvalue weighted by molar-refractivity contribution is 7.92. The molecule has 1 amide bonds. The van der Waals surface area contributed by atoms with Crippen LogP contribution in [0.1, 0.15) is 22.3 Å². The number of sulfonamides is 1. The maximum Gasteiger partial charge on any atom is 0.253 e. The predicted molar refractivity (Wildman–Crippen MR) is 122 cm³/mol. The van der Waals surface area contributed by atoms with Crippen molar-refractivity contribution in [3.8, 4) is 11.3 Å². The summed E-state index contributed by atoms with van der Waals surface area (Å²) in [6.07, 6.45) is 2.53. The molecule has 1 N–H and O–H groups in total. The molecule has 2 aromatic carbocycles. The first-order chi connectivity index (χ1) is 15.8. The zero-order valence-corrected chi connectivity index (χ0v) is 18.7. The quantitative estimate of drug-likeness (QED) is 0.547. The second-order valence-electron chi connectivity index (χ2n) is 7.97. The minimum Gasteiger partial charge on any atom is -0.338 e. The highest BCUT2D eigenvalue weighted by Crippen LogP contribution is 2.20. The summed E-state index contributed by atoms with van der Waals surface area (Å²) in [6, 6.07) is 13.4. The zero-order valence-electron chi connectivity index (χ0n) is 17.9. The molecule has 0 unspecified atom stereocenters. The average molecular weight is 470 g/mol. The molecule has 4 rings (SSSR count). The first-order valence-electron chi connectivity index (χ1n) is 10.5. The summed E-state index contributed by atoms with van der Waals surface area (Å²) in [5.74, 6) is -0.303. The van der Waals surface area contributed by atoms with Gasteiger partial charge in [0.15, 0.2) is 0 Å². The van der Waals surface area contributed by atoms with Gasteiger partial charge < -0.3 is 4.90 Å². The summed E-state index contributed by atoms with van der Waals surface area (Å²) < 4.78 is 40.3. The van der Waals surface area contributed by atoms with E-state index in [4.69, 9.17) is 0 Å². The fraction of sp³-hybridized carbons (Fsp3) is 0.261. The molecular formula is C23H24FN5O3S. The van der Waals surface area contributed by atoms with E-state index in [1.165, 1.54) is 12.1 Å². The minimum absolute atomic E-state index is 0.0741. The summed E-state index contributed by atoms with van der Waals surface area (Å²) in [7, 11) is -3.46. The number of hydrogen-bond donors (Lipinski definition) is 1. The van der Waals surface area contributed by atoms with Gasteiger partial charge in [0.1, 0.15) is 11.5 Å². The normalized spacial score (nSPS) is 16.2. The van der Waals surface area contributed by atoms with Gasteiger partial charge in [-0.2, -0.15) is 0 Å². The molecule has 0 bridgehead atoms. The summed E-state index contributed by atoms with van der Waals surface area (Å²) >= 11 is 0. The third kappa shape index (κ3) is 5.71. The molecular weight excluding hydrogens is 445 g/mol. The lowest BCUT2D eigenvalue weighted by Gasteiger charge is -2.17. The molecule has 1 fully saturated rings. The first kappa shape index (κ1) is 22.8. The van der Waals surface area contributed by atoms with Crippen LogP contribution in [0.4, 0.5) is 4.39 Å². The summed E-state index contributed by atoms with van der Waals surface area (Å²) in [6.45, 7) is 5.14. The SMILES string of the molecule is C=CS(=O)(=O)NC[C@H]1CCN(C(=O)c2ccc(Cn3cc(-c4ccc(F)cc4)nn3)cc2)C1. The monoisotopic (exact) mass is 469 g/mol. The highest BCUT2D eigenvalue weighted by Gasteiger charge is 2.27. The van der Waals surface area contributed by atoms with Crippen LogP contribution in [0.25, 0.3) is 11.3 Å². The van der Waals surface area contributed by atoms with Crippen LogP contribution in [0.2, 0.25) is 0 Å². The smallest absolute Gasteiger partial charge is 0.253 e. The van der Waals surface area contributed by atoms with Gasteiger partial charge in [0.2, 0.25) is 10.0 Å². The van der Waals surface area contributed by atoms with Gasteiger partial charge in [-0.25, -0.2) is 22.2 Å². The van der Waals surface area contributed by atoms with Crippen LogP contribution in [-0.4, -0.2) is 53.9 Å². The number of rotatable bonds is 8. The van der Waals surface area contributed by atoms with Gasteiger partial charge in [-0.05, 0) is 54.3 Å². The fourth-order valence-electron chi connectivity index (χ4n) is 3.73. The zero-order chi connectivity index (χ0) is 23.4. The van der Waals surface area contributed by atoms with Crippen molar-refractivity contribution in [3.63, 3.8) is 0 Å². The molecule has 8 nitrogen and oxygen atoms in total. The Labute approximate surface area is 191 Å². The van der Waals surface area contributed by atoms with E-state index in [0.29, 0.717) is 30.9 Å². The lowest BCUT2D eigenvalue weighted by atomic mass is 10.1. The molecule has 0 radical (unpaired) electrons. The molecule has 172 valence electrons. The molecule has 33 heavy (non-hydrogen) atoms. The van der Waals surface area contributed by atoms with E-state index in [1.54, 1.807) is 40.0 Å². The van der Waals surface area contributed by atoms with Crippen LogP contribution in [0.3, 0.4) is 0 Å². The molecule has 0 spiro atoms. The van der Waals surface area contributed by atoms with Crippen LogP contribution in [-0.2, 0) is 16.6 Å². The second kappa shape index (κ2) is 9.63. The maximum absolute atomic E-state index is 13.1. The Morgan fingerprint density at radius 2 is 1.91 bits per heavy atom. The van der Waals surface area contributed by atoms with Crippen molar-refractivity contribution < 1.29 is 17.6 Å².